The van der Waals surface area contributed by atoms with Gasteiger partial charge < -0.3 is 14.6 Å². The number of ether oxygens (including phenoxy) is 1. The molecule has 3 aromatic heterocycles. The fourth-order valence-electron chi connectivity index (χ4n) is 5.89. The molecule has 35 heavy (non-hydrogen) atoms. The van der Waals surface area contributed by atoms with Crippen LogP contribution >= 0.6 is 0 Å². The van der Waals surface area contributed by atoms with Crippen LogP contribution in [0.5, 0.6) is 0 Å². The first kappa shape index (κ1) is 20.6. The van der Waals surface area contributed by atoms with Crippen LogP contribution in [-0.2, 0) is 11.2 Å². The minimum atomic E-state index is -0.165. The number of H-pyrrole nitrogens is 1. The Balaban J connectivity index is 1.37. The van der Waals surface area contributed by atoms with E-state index < -0.39 is 0 Å². The zero-order chi connectivity index (χ0) is 23.6. The van der Waals surface area contributed by atoms with Crippen molar-refractivity contribution >= 4 is 16.9 Å². The second-order valence-electron chi connectivity index (χ2n) is 9.95. The number of anilines is 1. The molecule has 1 aliphatic carbocycles. The number of aromatic nitrogens is 5. The van der Waals surface area contributed by atoms with Crippen LogP contribution in [0.1, 0.15) is 42.8 Å². The van der Waals surface area contributed by atoms with E-state index in [9.17, 15) is 0 Å². The number of fused-ring (bicyclic) bond motifs is 4. The van der Waals surface area contributed by atoms with Gasteiger partial charge in [-0.15, -0.1) is 0 Å². The summed E-state index contributed by atoms with van der Waals surface area (Å²) >= 11 is 0. The number of aromatic amines is 1. The SMILES string of the molecule is Cc1cn(-c2ccnc(N3CCc4c([nH]c5ccccc45)C3C3=CCC4(C)OCCC4=C3)n2)cn1. The summed E-state index contributed by atoms with van der Waals surface area (Å²) in [5.41, 5.74) is 7.32. The molecule has 2 unspecified atom stereocenters. The summed E-state index contributed by atoms with van der Waals surface area (Å²) in [5.74, 6) is 1.56. The molecule has 5 heterocycles. The van der Waals surface area contributed by atoms with E-state index in [2.05, 4.69) is 58.2 Å². The van der Waals surface area contributed by atoms with Crippen molar-refractivity contribution in [3.63, 3.8) is 0 Å². The third kappa shape index (κ3) is 3.26. The van der Waals surface area contributed by atoms with Crippen molar-refractivity contribution in [1.29, 1.82) is 0 Å². The molecule has 2 atom stereocenters. The smallest absolute Gasteiger partial charge is 0.228 e. The molecule has 0 bridgehead atoms. The Kier molecular flexibility index (Phi) is 4.51. The van der Waals surface area contributed by atoms with Gasteiger partial charge >= 0.3 is 0 Å². The molecule has 3 aliphatic rings. The average molecular weight is 465 g/mol. The minimum Gasteiger partial charge on any atom is -0.370 e. The lowest BCUT2D eigenvalue weighted by Crippen LogP contribution is -2.38. The molecule has 1 saturated heterocycles. The topological polar surface area (TPSA) is 71.9 Å². The van der Waals surface area contributed by atoms with Crippen molar-refractivity contribution < 1.29 is 4.74 Å². The quantitative estimate of drug-likeness (QED) is 0.462. The Bertz CT molecular complexity index is 1510. The molecule has 7 rings (SSSR count). The van der Waals surface area contributed by atoms with Gasteiger partial charge in [0.15, 0.2) is 0 Å². The van der Waals surface area contributed by atoms with Crippen molar-refractivity contribution in [3.05, 3.63) is 89.3 Å². The Morgan fingerprint density at radius 2 is 2.06 bits per heavy atom. The number of hydrogen-bond donors (Lipinski definition) is 1. The van der Waals surface area contributed by atoms with Crippen molar-refractivity contribution in [1.82, 2.24) is 24.5 Å². The number of aryl methyl sites for hydroxylation is 1. The molecule has 4 aromatic rings. The maximum atomic E-state index is 6.11. The first-order valence-corrected chi connectivity index (χ1v) is 12.3. The Morgan fingerprint density at radius 1 is 1.14 bits per heavy atom. The van der Waals surface area contributed by atoms with Gasteiger partial charge in [-0.05, 0) is 62.0 Å². The van der Waals surface area contributed by atoms with Crippen LogP contribution in [0.4, 0.5) is 5.95 Å². The van der Waals surface area contributed by atoms with Gasteiger partial charge in [-0.1, -0.05) is 30.4 Å². The van der Waals surface area contributed by atoms with Crippen molar-refractivity contribution in [2.24, 2.45) is 0 Å². The second-order valence-corrected chi connectivity index (χ2v) is 9.95. The van der Waals surface area contributed by atoms with Gasteiger partial charge in [-0.3, -0.25) is 4.57 Å². The lowest BCUT2D eigenvalue weighted by molar-refractivity contribution is 0.0410. The second kappa shape index (κ2) is 7.65. The van der Waals surface area contributed by atoms with Crippen molar-refractivity contribution in [3.8, 4) is 5.82 Å². The number of imidazole rings is 1. The average Bonchev–Trinajstić information content (AvgIpc) is 3.59. The summed E-state index contributed by atoms with van der Waals surface area (Å²) in [5, 5.41) is 1.31. The molecule has 2 aliphatic heterocycles. The van der Waals surface area contributed by atoms with Gasteiger partial charge in [0.2, 0.25) is 5.95 Å². The van der Waals surface area contributed by atoms with E-state index >= 15 is 0 Å². The molecule has 1 N–H and O–H groups in total. The summed E-state index contributed by atoms with van der Waals surface area (Å²) in [6, 6.07) is 10.6. The minimum absolute atomic E-state index is 0.0172. The molecule has 0 radical (unpaired) electrons. The van der Waals surface area contributed by atoms with Gasteiger partial charge in [0.25, 0.3) is 0 Å². The van der Waals surface area contributed by atoms with Crippen LogP contribution in [0.15, 0.2) is 72.4 Å². The van der Waals surface area contributed by atoms with E-state index in [1.807, 2.05) is 30.0 Å². The summed E-state index contributed by atoms with van der Waals surface area (Å²) in [7, 11) is 0. The maximum absolute atomic E-state index is 6.11. The molecule has 0 spiro atoms. The number of nitrogens with one attached hydrogen (secondary N) is 1. The molecule has 1 aromatic carbocycles. The predicted molar refractivity (Wildman–Crippen MR) is 136 cm³/mol. The molecule has 7 nitrogen and oxygen atoms in total. The largest absolute Gasteiger partial charge is 0.370 e. The molecule has 176 valence electrons. The monoisotopic (exact) mass is 464 g/mol. The Hall–Kier alpha value is -3.71. The first-order chi connectivity index (χ1) is 17.1. The van der Waals surface area contributed by atoms with Crippen LogP contribution < -0.4 is 4.90 Å². The van der Waals surface area contributed by atoms with Crippen LogP contribution in [0.3, 0.4) is 0 Å². The molecule has 1 fully saturated rings. The molecular formula is C28H28N6O. The molecular weight excluding hydrogens is 436 g/mol. The van der Waals surface area contributed by atoms with E-state index in [-0.39, 0.29) is 11.6 Å². The van der Waals surface area contributed by atoms with Crippen molar-refractivity contribution in [2.75, 3.05) is 18.1 Å². The number of hydrogen-bond acceptors (Lipinski definition) is 5. The zero-order valence-corrected chi connectivity index (χ0v) is 20.0. The highest BCUT2D eigenvalue weighted by Gasteiger charge is 2.40. The first-order valence-electron chi connectivity index (χ1n) is 12.3. The highest BCUT2D eigenvalue weighted by Crippen LogP contribution is 2.45. The lowest BCUT2D eigenvalue weighted by atomic mass is 9.81. The van der Waals surface area contributed by atoms with Gasteiger partial charge in [0.1, 0.15) is 12.1 Å². The molecule has 0 saturated carbocycles. The standard InChI is InChI=1S/C28H28N6O/c1-18-16-33(17-30-18)24-8-12-29-27(32-24)34-13-9-22-21-5-3-4-6-23(21)31-25(22)26(34)19-7-11-28(2)20(15-19)10-14-35-28/h3-8,12,15-17,26,31H,9-11,13-14H2,1-2H3. The van der Waals surface area contributed by atoms with E-state index in [4.69, 9.17) is 14.7 Å². The van der Waals surface area contributed by atoms with E-state index in [1.54, 1.807) is 6.33 Å². The van der Waals surface area contributed by atoms with E-state index in [1.165, 1.54) is 33.3 Å². The summed E-state index contributed by atoms with van der Waals surface area (Å²) in [6.07, 6.45) is 13.2. The fraction of sp³-hybridized carbons (Fsp3) is 0.321. The van der Waals surface area contributed by atoms with Gasteiger partial charge in [0, 0.05) is 35.5 Å². The van der Waals surface area contributed by atoms with E-state index in [0.717, 1.165) is 49.9 Å². The zero-order valence-electron chi connectivity index (χ0n) is 20.0. The highest BCUT2D eigenvalue weighted by atomic mass is 16.5. The number of nitrogens with zero attached hydrogens (tertiary/aromatic N) is 5. The normalized spacial score (nSPS) is 23.7. The Labute approximate surface area is 204 Å². The number of para-hydroxylation sites is 1. The molecule has 0 amide bonds. The third-order valence-electron chi connectivity index (χ3n) is 7.75. The lowest BCUT2D eigenvalue weighted by Gasteiger charge is -2.39. The summed E-state index contributed by atoms with van der Waals surface area (Å²) in [6.45, 7) is 5.84. The van der Waals surface area contributed by atoms with Crippen LogP contribution in [0, 0.1) is 6.92 Å². The molecule has 7 heteroatoms. The van der Waals surface area contributed by atoms with Gasteiger partial charge in [0.05, 0.1) is 23.9 Å². The predicted octanol–water partition coefficient (Wildman–Crippen LogP) is 4.99. The van der Waals surface area contributed by atoms with Crippen molar-refractivity contribution in [2.45, 2.75) is 44.8 Å². The maximum Gasteiger partial charge on any atom is 0.228 e. The van der Waals surface area contributed by atoms with Gasteiger partial charge in [-0.2, -0.15) is 4.98 Å². The van der Waals surface area contributed by atoms with Crippen LogP contribution in [-0.4, -0.2) is 43.3 Å². The number of benzene rings is 1. The Morgan fingerprint density at radius 3 is 2.94 bits per heavy atom. The summed E-state index contributed by atoms with van der Waals surface area (Å²) in [4.78, 5) is 20.2. The van der Waals surface area contributed by atoms with Crippen LogP contribution in [0.2, 0.25) is 0 Å². The summed E-state index contributed by atoms with van der Waals surface area (Å²) < 4.78 is 8.06. The highest BCUT2D eigenvalue weighted by molar-refractivity contribution is 5.86. The van der Waals surface area contributed by atoms with E-state index in [0.29, 0.717) is 0 Å². The van der Waals surface area contributed by atoms with Crippen LogP contribution in [0.25, 0.3) is 16.7 Å². The third-order valence-corrected chi connectivity index (χ3v) is 7.75. The van der Waals surface area contributed by atoms with Gasteiger partial charge in [-0.25, -0.2) is 9.97 Å². The number of rotatable bonds is 3. The fourth-order valence-corrected chi connectivity index (χ4v) is 5.89.